The Bertz CT molecular complexity index is 140. The van der Waals surface area contributed by atoms with E-state index in [1.54, 1.807) is 0 Å². The highest BCUT2D eigenvalue weighted by Gasteiger charge is 2.12. The van der Waals surface area contributed by atoms with Gasteiger partial charge in [0.1, 0.15) is 0 Å². The summed E-state index contributed by atoms with van der Waals surface area (Å²) in [6, 6.07) is 0. The second-order valence-electron chi connectivity index (χ2n) is 1.12. The molecular formula is C3H3NO4. The molecule has 0 spiro atoms. The number of hydrogen-bond acceptors (Lipinski definition) is 4. The topological polar surface area (TPSA) is 67.8 Å². The predicted molar refractivity (Wildman–Crippen MR) is 21.0 cm³/mol. The van der Waals surface area contributed by atoms with Crippen LogP contribution < -0.4 is 5.48 Å². The van der Waals surface area contributed by atoms with Gasteiger partial charge in [-0.25, -0.2) is 10.3 Å². The van der Waals surface area contributed by atoms with Gasteiger partial charge < -0.3 is 9.99 Å². The van der Waals surface area contributed by atoms with E-state index in [4.69, 9.17) is 5.11 Å². The summed E-state index contributed by atoms with van der Waals surface area (Å²) in [6.45, 7) is 0. The lowest BCUT2D eigenvalue weighted by Gasteiger charge is -1.88. The number of carboxylic acid groups (broad SMARTS) is 1. The third kappa shape index (κ3) is 0.710. The molecule has 1 aliphatic heterocycles. The SMILES string of the molecule is O=C(O)C1=COON1. The molecule has 0 aromatic heterocycles. The van der Waals surface area contributed by atoms with Gasteiger partial charge in [0.25, 0.3) is 0 Å². The van der Waals surface area contributed by atoms with Crippen LogP contribution in [0.2, 0.25) is 0 Å². The molecule has 1 heterocycles. The van der Waals surface area contributed by atoms with E-state index < -0.39 is 5.97 Å². The highest BCUT2D eigenvalue weighted by atomic mass is 17.3. The zero-order valence-electron chi connectivity index (χ0n) is 3.75. The number of aliphatic carboxylic acids is 1. The predicted octanol–water partition coefficient (Wildman–Crippen LogP) is -0.621. The number of carbonyl (C=O) groups is 1. The Morgan fingerprint density at radius 3 is 2.88 bits per heavy atom. The zero-order valence-corrected chi connectivity index (χ0v) is 3.75. The summed E-state index contributed by atoms with van der Waals surface area (Å²) in [5.74, 6) is -1.11. The van der Waals surface area contributed by atoms with Crippen LogP contribution in [-0.4, -0.2) is 11.1 Å². The fourth-order valence-electron chi connectivity index (χ4n) is 0.259. The molecule has 0 amide bonds. The molecule has 5 heteroatoms. The lowest BCUT2D eigenvalue weighted by Crippen LogP contribution is -2.13. The average molecular weight is 117 g/mol. The Morgan fingerprint density at radius 1 is 1.88 bits per heavy atom. The van der Waals surface area contributed by atoms with Crippen molar-refractivity contribution in [2.24, 2.45) is 0 Å². The van der Waals surface area contributed by atoms with Gasteiger partial charge in [-0.2, -0.15) is 0 Å². The van der Waals surface area contributed by atoms with Crippen LogP contribution >= 0.6 is 0 Å². The largest absolute Gasteiger partial charge is 0.476 e. The Morgan fingerprint density at radius 2 is 2.62 bits per heavy atom. The fourth-order valence-corrected chi connectivity index (χ4v) is 0.259. The van der Waals surface area contributed by atoms with E-state index in [-0.39, 0.29) is 5.70 Å². The first-order chi connectivity index (χ1) is 3.80. The van der Waals surface area contributed by atoms with Crippen LogP contribution in [0, 0.1) is 0 Å². The van der Waals surface area contributed by atoms with Gasteiger partial charge in [0, 0.05) is 0 Å². The summed E-state index contributed by atoms with van der Waals surface area (Å²) >= 11 is 0. The Balaban J connectivity index is 2.57. The summed E-state index contributed by atoms with van der Waals surface area (Å²) in [4.78, 5) is 18.0. The highest BCUT2D eigenvalue weighted by molar-refractivity contribution is 5.85. The zero-order chi connectivity index (χ0) is 5.98. The molecule has 1 aliphatic rings. The minimum absolute atomic E-state index is 0.106. The van der Waals surface area contributed by atoms with Crippen LogP contribution in [-0.2, 0) is 14.7 Å². The van der Waals surface area contributed by atoms with Crippen molar-refractivity contribution < 1.29 is 19.8 Å². The van der Waals surface area contributed by atoms with Crippen molar-refractivity contribution in [2.45, 2.75) is 0 Å². The second kappa shape index (κ2) is 1.71. The van der Waals surface area contributed by atoms with Gasteiger partial charge in [0.15, 0.2) is 12.0 Å². The molecule has 0 saturated heterocycles. The normalized spacial score (nSPS) is 16.2. The third-order valence-corrected chi connectivity index (χ3v) is 0.596. The maximum atomic E-state index is 9.91. The number of hydrogen-bond donors (Lipinski definition) is 2. The van der Waals surface area contributed by atoms with Crippen LogP contribution in [0.15, 0.2) is 12.0 Å². The average Bonchev–Trinajstić information content (AvgIpc) is 2.12. The van der Waals surface area contributed by atoms with Crippen molar-refractivity contribution >= 4 is 5.97 Å². The number of nitrogens with one attached hydrogen (secondary N) is 1. The molecule has 1 rings (SSSR count). The molecule has 0 unspecified atom stereocenters. The van der Waals surface area contributed by atoms with Crippen LogP contribution in [0.3, 0.4) is 0 Å². The summed E-state index contributed by atoms with van der Waals surface area (Å²) in [5.41, 5.74) is 1.89. The fraction of sp³-hybridized carbons (Fsp3) is 0. The second-order valence-corrected chi connectivity index (χ2v) is 1.12. The molecule has 0 aliphatic carbocycles. The van der Waals surface area contributed by atoms with Gasteiger partial charge in [0.05, 0.1) is 0 Å². The van der Waals surface area contributed by atoms with Gasteiger partial charge in [-0.05, 0) is 0 Å². The van der Waals surface area contributed by atoms with Crippen molar-refractivity contribution in [1.82, 2.24) is 5.48 Å². The molecule has 0 radical (unpaired) electrons. The molecule has 5 nitrogen and oxygen atoms in total. The number of carboxylic acids is 1. The Labute approximate surface area is 44.4 Å². The lowest BCUT2D eigenvalue weighted by molar-refractivity contribution is -0.265. The minimum atomic E-state index is -1.11. The van der Waals surface area contributed by atoms with Gasteiger partial charge >= 0.3 is 5.97 Å². The standard InChI is InChI=1S/C3H3NO4/c5-3(6)2-1-7-8-4-2/h1,4H,(H,5,6). The van der Waals surface area contributed by atoms with E-state index in [0.717, 1.165) is 6.26 Å². The van der Waals surface area contributed by atoms with Crippen molar-refractivity contribution in [2.75, 3.05) is 0 Å². The first-order valence-electron chi connectivity index (χ1n) is 1.82. The van der Waals surface area contributed by atoms with Crippen molar-refractivity contribution in [3.8, 4) is 0 Å². The maximum Gasteiger partial charge on any atom is 0.357 e. The van der Waals surface area contributed by atoms with Crippen LogP contribution in [0.25, 0.3) is 0 Å². The van der Waals surface area contributed by atoms with Crippen molar-refractivity contribution in [1.29, 1.82) is 0 Å². The molecule has 0 fully saturated rings. The van der Waals surface area contributed by atoms with E-state index in [1.807, 2.05) is 5.48 Å². The summed E-state index contributed by atoms with van der Waals surface area (Å²) in [6.07, 6.45) is 0.961. The first kappa shape index (κ1) is 4.92. The molecular weight excluding hydrogens is 114 g/mol. The molecule has 0 aromatic rings. The van der Waals surface area contributed by atoms with Gasteiger partial charge in [-0.3, -0.25) is 0 Å². The van der Waals surface area contributed by atoms with Crippen LogP contribution in [0.1, 0.15) is 0 Å². The smallest absolute Gasteiger partial charge is 0.357 e. The number of rotatable bonds is 1. The first-order valence-corrected chi connectivity index (χ1v) is 1.82. The van der Waals surface area contributed by atoms with E-state index in [2.05, 4.69) is 9.88 Å². The van der Waals surface area contributed by atoms with E-state index in [9.17, 15) is 4.79 Å². The minimum Gasteiger partial charge on any atom is -0.476 e. The molecule has 0 saturated carbocycles. The van der Waals surface area contributed by atoms with E-state index in [1.165, 1.54) is 0 Å². The molecule has 0 aromatic carbocycles. The summed E-state index contributed by atoms with van der Waals surface area (Å²) in [5, 5.41) is 8.12. The Kier molecular flexibility index (Phi) is 1.05. The van der Waals surface area contributed by atoms with E-state index in [0.29, 0.717) is 0 Å². The molecule has 0 atom stereocenters. The summed E-state index contributed by atoms with van der Waals surface area (Å²) < 4.78 is 0. The van der Waals surface area contributed by atoms with Crippen LogP contribution in [0.5, 0.6) is 0 Å². The van der Waals surface area contributed by atoms with Gasteiger partial charge in [-0.1, -0.05) is 4.99 Å². The maximum absolute atomic E-state index is 9.91. The lowest BCUT2D eigenvalue weighted by atomic mass is 10.5. The number of hydroxylamine groups is 1. The van der Waals surface area contributed by atoms with Crippen LogP contribution in [0.4, 0.5) is 0 Å². The Hall–Kier alpha value is -1.23. The molecule has 2 N–H and O–H groups in total. The monoisotopic (exact) mass is 117 g/mol. The molecule has 8 heavy (non-hydrogen) atoms. The van der Waals surface area contributed by atoms with Crippen molar-refractivity contribution in [3.05, 3.63) is 12.0 Å². The van der Waals surface area contributed by atoms with Gasteiger partial charge in [-0.15, -0.1) is 0 Å². The molecule has 0 bridgehead atoms. The highest BCUT2D eigenvalue weighted by Crippen LogP contribution is 1.97. The third-order valence-electron chi connectivity index (χ3n) is 0.596. The van der Waals surface area contributed by atoms with Gasteiger partial charge in [0.2, 0.25) is 0 Å². The van der Waals surface area contributed by atoms with E-state index >= 15 is 0 Å². The summed E-state index contributed by atoms with van der Waals surface area (Å²) in [7, 11) is 0. The molecule has 44 valence electrons. The van der Waals surface area contributed by atoms with Crippen molar-refractivity contribution in [3.63, 3.8) is 0 Å². The quantitative estimate of drug-likeness (QED) is 0.448.